The average molecular weight is 286 g/mol. The van der Waals surface area contributed by atoms with E-state index in [9.17, 15) is 0 Å². The Morgan fingerprint density at radius 1 is 1.10 bits per heavy atom. The molecule has 1 fully saturated rings. The summed E-state index contributed by atoms with van der Waals surface area (Å²) >= 11 is 0. The van der Waals surface area contributed by atoms with Gasteiger partial charge in [0.2, 0.25) is 0 Å². The minimum atomic E-state index is 0.454. The maximum Gasteiger partial charge on any atom is 0.0374 e. The minimum absolute atomic E-state index is 0.454. The van der Waals surface area contributed by atoms with Gasteiger partial charge in [-0.05, 0) is 67.2 Å². The van der Waals surface area contributed by atoms with Gasteiger partial charge in [-0.25, -0.2) is 0 Å². The summed E-state index contributed by atoms with van der Waals surface area (Å²) in [5.74, 6) is 0.863. The molecular weight excluding hydrogens is 256 g/mol. The smallest absolute Gasteiger partial charge is 0.0374 e. The Hall–Kier alpha value is -1.18. The third kappa shape index (κ3) is 3.36. The molecule has 1 aromatic rings. The summed E-state index contributed by atoms with van der Waals surface area (Å²) in [6.07, 6.45) is 6.54. The van der Waals surface area contributed by atoms with Gasteiger partial charge in [0.05, 0.1) is 0 Å². The SMILES string of the molecule is CC(C)(C)C1CCCN(c2ccc3c(c2)CCCN3)CC1. The van der Waals surface area contributed by atoms with Crippen LogP contribution in [-0.4, -0.2) is 19.6 Å². The van der Waals surface area contributed by atoms with Crippen molar-refractivity contribution in [1.82, 2.24) is 0 Å². The highest BCUT2D eigenvalue weighted by Gasteiger charge is 2.27. The number of nitrogens with zero attached hydrogens (tertiary/aromatic N) is 1. The lowest BCUT2D eigenvalue weighted by Crippen LogP contribution is -2.26. The number of fused-ring (bicyclic) bond motifs is 1. The van der Waals surface area contributed by atoms with Crippen molar-refractivity contribution >= 4 is 11.4 Å². The molecule has 2 aliphatic rings. The number of rotatable bonds is 1. The van der Waals surface area contributed by atoms with Crippen LogP contribution in [0.25, 0.3) is 0 Å². The van der Waals surface area contributed by atoms with Crippen LogP contribution in [0.4, 0.5) is 11.4 Å². The fourth-order valence-corrected chi connectivity index (χ4v) is 3.88. The molecule has 1 unspecified atom stereocenters. The lowest BCUT2D eigenvalue weighted by Gasteiger charge is -2.30. The highest BCUT2D eigenvalue weighted by atomic mass is 15.1. The fourth-order valence-electron chi connectivity index (χ4n) is 3.88. The van der Waals surface area contributed by atoms with Crippen molar-refractivity contribution in [2.75, 3.05) is 29.9 Å². The summed E-state index contributed by atoms with van der Waals surface area (Å²) < 4.78 is 0. The van der Waals surface area contributed by atoms with E-state index in [0.717, 1.165) is 12.5 Å². The van der Waals surface area contributed by atoms with Gasteiger partial charge in [-0.2, -0.15) is 0 Å². The predicted molar refractivity (Wildman–Crippen MR) is 92.3 cm³/mol. The third-order valence-electron chi connectivity index (χ3n) is 5.35. The number of aryl methyl sites for hydroxylation is 1. The second-order valence-corrected chi connectivity index (χ2v) is 7.85. The van der Waals surface area contributed by atoms with E-state index < -0.39 is 0 Å². The molecule has 0 radical (unpaired) electrons. The third-order valence-corrected chi connectivity index (χ3v) is 5.35. The zero-order valence-electron chi connectivity index (χ0n) is 13.9. The highest BCUT2D eigenvalue weighted by Crippen LogP contribution is 2.36. The average Bonchev–Trinajstić information content (AvgIpc) is 2.72. The zero-order chi connectivity index (χ0) is 14.9. The van der Waals surface area contributed by atoms with Gasteiger partial charge in [0.1, 0.15) is 0 Å². The number of benzene rings is 1. The van der Waals surface area contributed by atoms with Gasteiger partial charge in [0.15, 0.2) is 0 Å². The first-order valence-electron chi connectivity index (χ1n) is 8.66. The Bertz CT molecular complexity index is 487. The minimum Gasteiger partial charge on any atom is -0.385 e. The molecule has 0 aromatic heterocycles. The summed E-state index contributed by atoms with van der Waals surface area (Å²) in [5, 5.41) is 3.51. The Kier molecular flexibility index (Phi) is 4.14. The molecule has 0 amide bonds. The highest BCUT2D eigenvalue weighted by molar-refractivity contribution is 5.61. The molecule has 0 bridgehead atoms. The van der Waals surface area contributed by atoms with Crippen LogP contribution in [0.3, 0.4) is 0 Å². The summed E-state index contributed by atoms with van der Waals surface area (Å²) in [4.78, 5) is 2.61. The van der Waals surface area contributed by atoms with E-state index in [2.05, 4.69) is 49.2 Å². The number of hydrogen-bond acceptors (Lipinski definition) is 2. The topological polar surface area (TPSA) is 15.3 Å². The predicted octanol–water partition coefficient (Wildman–Crippen LogP) is 4.70. The first kappa shape index (κ1) is 14.7. The molecule has 1 saturated heterocycles. The van der Waals surface area contributed by atoms with Crippen LogP contribution in [0.2, 0.25) is 0 Å². The maximum absolute atomic E-state index is 3.51. The molecule has 0 saturated carbocycles. The van der Waals surface area contributed by atoms with Gasteiger partial charge >= 0.3 is 0 Å². The molecule has 1 aromatic carbocycles. The molecule has 0 aliphatic carbocycles. The standard InChI is InChI=1S/C19H30N2/c1-19(2,3)16-7-5-12-21(13-10-16)17-8-9-18-15(14-17)6-4-11-20-18/h8-9,14,16,20H,4-7,10-13H2,1-3H3. The first-order valence-corrected chi connectivity index (χ1v) is 8.66. The van der Waals surface area contributed by atoms with Crippen LogP contribution < -0.4 is 10.2 Å². The number of anilines is 2. The van der Waals surface area contributed by atoms with Crippen LogP contribution in [0.5, 0.6) is 0 Å². The molecule has 2 nitrogen and oxygen atoms in total. The second kappa shape index (κ2) is 5.90. The molecular formula is C19H30N2. The lowest BCUT2D eigenvalue weighted by atomic mass is 9.77. The molecule has 3 rings (SSSR count). The number of hydrogen-bond donors (Lipinski definition) is 1. The van der Waals surface area contributed by atoms with Gasteiger partial charge in [-0.3, -0.25) is 0 Å². The normalized spacial score (nSPS) is 23.2. The van der Waals surface area contributed by atoms with Crippen molar-refractivity contribution in [2.24, 2.45) is 11.3 Å². The second-order valence-electron chi connectivity index (χ2n) is 7.85. The van der Waals surface area contributed by atoms with Crippen molar-refractivity contribution in [3.8, 4) is 0 Å². The molecule has 2 aliphatic heterocycles. The van der Waals surface area contributed by atoms with Crippen LogP contribution in [-0.2, 0) is 6.42 Å². The molecule has 116 valence electrons. The van der Waals surface area contributed by atoms with Gasteiger partial charge in [-0.15, -0.1) is 0 Å². The van der Waals surface area contributed by atoms with Gasteiger partial charge in [0, 0.05) is 31.0 Å². The van der Waals surface area contributed by atoms with Crippen molar-refractivity contribution in [1.29, 1.82) is 0 Å². The van der Waals surface area contributed by atoms with Crippen molar-refractivity contribution in [3.05, 3.63) is 23.8 Å². The van der Waals surface area contributed by atoms with E-state index in [4.69, 9.17) is 0 Å². The van der Waals surface area contributed by atoms with Crippen LogP contribution in [0.15, 0.2) is 18.2 Å². The van der Waals surface area contributed by atoms with E-state index in [1.54, 1.807) is 0 Å². The van der Waals surface area contributed by atoms with Gasteiger partial charge in [-0.1, -0.05) is 20.8 Å². The molecule has 2 heterocycles. The van der Waals surface area contributed by atoms with Crippen LogP contribution in [0, 0.1) is 11.3 Å². The first-order chi connectivity index (χ1) is 10.0. The Morgan fingerprint density at radius 3 is 2.76 bits per heavy atom. The van der Waals surface area contributed by atoms with E-state index in [0.29, 0.717) is 5.41 Å². The van der Waals surface area contributed by atoms with Crippen LogP contribution in [0.1, 0.15) is 52.0 Å². The van der Waals surface area contributed by atoms with Crippen molar-refractivity contribution in [2.45, 2.75) is 52.9 Å². The Morgan fingerprint density at radius 2 is 1.95 bits per heavy atom. The molecule has 1 N–H and O–H groups in total. The van der Waals surface area contributed by atoms with Crippen molar-refractivity contribution < 1.29 is 0 Å². The zero-order valence-corrected chi connectivity index (χ0v) is 13.9. The van der Waals surface area contributed by atoms with E-state index in [1.807, 2.05) is 0 Å². The van der Waals surface area contributed by atoms with E-state index in [-0.39, 0.29) is 0 Å². The largest absolute Gasteiger partial charge is 0.385 e. The van der Waals surface area contributed by atoms with Crippen molar-refractivity contribution in [3.63, 3.8) is 0 Å². The quantitative estimate of drug-likeness (QED) is 0.805. The summed E-state index contributed by atoms with van der Waals surface area (Å²) in [6.45, 7) is 10.8. The Balaban J connectivity index is 1.72. The molecule has 21 heavy (non-hydrogen) atoms. The van der Waals surface area contributed by atoms with Gasteiger partial charge < -0.3 is 10.2 Å². The Labute approximate surface area is 129 Å². The summed E-state index contributed by atoms with van der Waals surface area (Å²) in [7, 11) is 0. The summed E-state index contributed by atoms with van der Waals surface area (Å²) in [5.41, 5.74) is 4.75. The van der Waals surface area contributed by atoms with Gasteiger partial charge in [0.25, 0.3) is 0 Å². The van der Waals surface area contributed by atoms with E-state index in [1.165, 1.54) is 62.1 Å². The van der Waals surface area contributed by atoms with E-state index >= 15 is 0 Å². The summed E-state index contributed by atoms with van der Waals surface area (Å²) in [6, 6.07) is 7.03. The molecule has 1 atom stereocenters. The number of nitrogens with one attached hydrogen (secondary N) is 1. The molecule has 0 spiro atoms. The fraction of sp³-hybridized carbons (Fsp3) is 0.684. The maximum atomic E-state index is 3.51. The monoisotopic (exact) mass is 286 g/mol. The van der Waals surface area contributed by atoms with Crippen LogP contribution >= 0.6 is 0 Å². The molecule has 2 heteroatoms. The lowest BCUT2D eigenvalue weighted by molar-refractivity contribution is 0.220.